The zero-order chi connectivity index (χ0) is 21.5. The molecule has 0 bridgehead atoms. The minimum absolute atomic E-state index is 0.189. The lowest BCUT2D eigenvalue weighted by molar-refractivity contribution is 0.240. The van der Waals surface area contributed by atoms with Gasteiger partial charge >= 0.3 is 6.03 Å². The highest BCUT2D eigenvalue weighted by Crippen LogP contribution is 2.24. The van der Waals surface area contributed by atoms with Crippen molar-refractivity contribution in [3.8, 4) is 5.75 Å². The van der Waals surface area contributed by atoms with Crippen molar-refractivity contribution in [3.05, 3.63) is 101 Å². The molecule has 6 heteroatoms. The van der Waals surface area contributed by atoms with Gasteiger partial charge in [0.25, 0.3) is 0 Å². The van der Waals surface area contributed by atoms with Crippen LogP contribution in [0.1, 0.15) is 16.7 Å². The number of ether oxygens (including phenoxy) is 1. The number of benzene rings is 3. The average Bonchev–Trinajstić information content (AvgIpc) is 3.20. The molecule has 4 rings (SSSR count). The maximum atomic E-state index is 12.0. The summed E-state index contributed by atoms with van der Waals surface area (Å²) in [7, 11) is 0. The largest absolute Gasteiger partial charge is 0.489 e. The summed E-state index contributed by atoms with van der Waals surface area (Å²) in [6.45, 7) is 1.54. The molecule has 0 aliphatic carbocycles. The topological polar surface area (TPSA) is 66.2 Å². The van der Waals surface area contributed by atoms with E-state index >= 15 is 0 Å². The Kier molecular flexibility index (Phi) is 6.75. The summed E-state index contributed by atoms with van der Waals surface area (Å²) in [6, 6.07) is 23.4. The van der Waals surface area contributed by atoms with Gasteiger partial charge in [0.15, 0.2) is 0 Å². The lowest BCUT2D eigenvalue weighted by Crippen LogP contribution is -2.36. The van der Waals surface area contributed by atoms with E-state index < -0.39 is 0 Å². The van der Waals surface area contributed by atoms with Gasteiger partial charge in [-0.2, -0.15) is 0 Å². The Morgan fingerprint density at radius 2 is 1.74 bits per heavy atom. The number of H-pyrrole nitrogens is 1. The summed E-state index contributed by atoms with van der Waals surface area (Å²) in [4.78, 5) is 15.3. The lowest BCUT2D eigenvalue weighted by Gasteiger charge is -2.08. The monoisotopic (exact) mass is 433 g/mol. The molecule has 3 aromatic carbocycles. The second-order valence-electron chi connectivity index (χ2n) is 7.28. The van der Waals surface area contributed by atoms with Crippen molar-refractivity contribution in [2.75, 3.05) is 6.54 Å². The molecule has 4 aromatic rings. The quantitative estimate of drug-likeness (QED) is 0.346. The molecule has 5 nitrogen and oxygen atoms in total. The zero-order valence-electron chi connectivity index (χ0n) is 17.0. The van der Waals surface area contributed by atoms with E-state index in [1.807, 2.05) is 72.9 Å². The molecule has 31 heavy (non-hydrogen) atoms. The summed E-state index contributed by atoms with van der Waals surface area (Å²) < 4.78 is 5.90. The van der Waals surface area contributed by atoms with Crippen LogP contribution < -0.4 is 15.4 Å². The van der Waals surface area contributed by atoms with Crippen molar-refractivity contribution in [1.82, 2.24) is 15.6 Å². The molecule has 0 saturated heterocycles. The van der Waals surface area contributed by atoms with Crippen LogP contribution in [0.2, 0.25) is 5.02 Å². The Labute approximate surface area is 186 Å². The molecule has 1 heterocycles. The van der Waals surface area contributed by atoms with Crippen LogP contribution in [0.3, 0.4) is 0 Å². The summed E-state index contributed by atoms with van der Waals surface area (Å²) >= 11 is 5.87. The molecule has 1 aromatic heterocycles. The number of rotatable bonds is 8. The number of aromatic amines is 1. The Bertz CT molecular complexity index is 1140. The number of urea groups is 1. The van der Waals surface area contributed by atoms with Gasteiger partial charge in [0.1, 0.15) is 12.4 Å². The van der Waals surface area contributed by atoms with Crippen LogP contribution in [0.5, 0.6) is 5.75 Å². The Balaban J connectivity index is 1.25. The first kappa shape index (κ1) is 20.8. The van der Waals surface area contributed by atoms with E-state index in [4.69, 9.17) is 16.3 Å². The van der Waals surface area contributed by atoms with Gasteiger partial charge < -0.3 is 20.4 Å². The maximum absolute atomic E-state index is 12.0. The number of nitrogens with one attached hydrogen (secondary N) is 3. The molecule has 0 unspecified atom stereocenters. The summed E-state index contributed by atoms with van der Waals surface area (Å²) in [5, 5.41) is 7.57. The number of fused-ring (bicyclic) bond motifs is 1. The van der Waals surface area contributed by atoms with Gasteiger partial charge in [-0.25, -0.2) is 4.79 Å². The smallest absolute Gasteiger partial charge is 0.315 e. The Morgan fingerprint density at radius 1 is 0.935 bits per heavy atom. The fourth-order valence-electron chi connectivity index (χ4n) is 3.36. The predicted octanol–water partition coefficient (Wildman–Crippen LogP) is 5.44. The van der Waals surface area contributed by atoms with E-state index in [2.05, 4.69) is 21.7 Å². The van der Waals surface area contributed by atoms with Gasteiger partial charge in [-0.05, 0) is 47.4 Å². The zero-order valence-corrected chi connectivity index (χ0v) is 17.8. The normalized spacial score (nSPS) is 10.7. The van der Waals surface area contributed by atoms with Crippen LogP contribution >= 0.6 is 11.6 Å². The molecule has 0 atom stereocenters. The Morgan fingerprint density at radius 3 is 2.55 bits per heavy atom. The molecular formula is C25H24ClN3O2. The van der Waals surface area contributed by atoms with Gasteiger partial charge in [-0.3, -0.25) is 0 Å². The Hall–Kier alpha value is -3.44. The van der Waals surface area contributed by atoms with Crippen molar-refractivity contribution in [3.63, 3.8) is 0 Å². The fraction of sp³-hybridized carbons (Fsp3) is 0.160. The number of carbonyl (C=O) groups excluding carboxylic acids is 1. The molecule has 0 saturated carbocycles. The van der Waals surface area contributed by atoms with Gasteiger partial charge in [0.2, 0.25) is 0 Å². The van der Waals surface area contributed by atoms with E-state index in [-0.39, 0.29) is 6.03 Å². The van der Waals surface area contributed by atoms with Crippen LogP contribution in [0.4, 0.5) is 4.79 Å². The van der Waals surface area contributed by atoms with Crippen molar-refractivity contribution in [2.24, 2.45) is 0 Å². The first-order valence-electron chi connectivity index (χ1n) is 10.2. The minimum Gasteiger partial charge on any atom is -0.489 e. The van der Waals surface area contributed by atoms with Crippen molar-refractivity contribution in [2.45, 2.75) is 19.6 Å². The summed E-state index contributed by atoms with van der Waals surface area (Å²) in [5.41, 5.74) is 4.31. The number of hydrogen-bond acceptors (Lipinski definition) is 2. The molecule has 0 radical (unpaired) electrons. The molecule has 158 valence electrons. The molecule has 3 N–H and O–H groups in total. The van der Waals surface area contributed by atoms with Crippen LogP contribution in [-0.2, 0) is 19.6 Å². The SMILES string of the molecule is O=C(NCCc1c[nH]c2cc(OCc3ccccc3)ccc12)NCc1ccc(Cl)cc1. The third kappa shape index (κ3) is 5.80. The minimum atomic E-state index is -0.189. The maximum Gasteiger partial charge on any atom is 0.315 e. The molecule has 2 amide bonds. The highest BCUT2D eigenvalue weighted by molar-refractivity contribution is 6.30. The second kappa shape index (κ2) is 10.0. The molecule has 0 aliphatic heterocycles. The highest BCUT2D eigenvalue weighted by atomic mass is 35.5. The van der Waals surface area contributed by atoms with Crippen molar-refractivity contribution < 1.29 is 9.53 Å². The van der Waals surface area contributed by atoms with Gasteiger partial charge in [0, 0.05) is 41.3 Å². The number of aromatic nitrogens is 1. The van der Waals surface area contributed by atoms with E-state index in [9.17, 15) is 4.79 Å². The van der Waals surface area contributed by atoms with Crippen LogP contribution in [0.15, 0.2) is 79.0 Å². The highest BCUT2D eigenvalue weighted by Gasteiger charge is 2.07. The molecule has 0 spiro atoms. The third-order valence-corrected chi connectivity index (χ3v) is 5.29. The lowest BCUT2D eigenvalue weighted by atomic mass is 10.1. The van der Waals surface area contributed by atoms with E-state index in [1.54, 1.807) is 0 Å². The predicted molar refractivity (Wildman–Crippen MR) is 124 cm³/mol. The summed E-state index contributed by atoms with van der Waals surface area (Å²) in [5.74, 6) is 0.824. The van der Waals surface area contributed by atoms with E-state index in [1.165, 1.54) is 0 Å². The van der Waals surface area contributed by atoms with Crippen LogP contribution in [0, 0.1) is 0 Å². The van der Waals surface area contributed by atoms with Crippen molar-refractivity contribution in [1.29, 1.82) is 0 Å². The van der Waals surface area contributed by atoms with Gasteiger partial charge in [0.05, 0.1) is 0 Å². The average molecular weight is 434 g/mol. The third-order valence-electron chi connectivity index (χ3n) is 5.03. The van der Waals surface area contributed by atoms with Crippen LogP contribution in [0.25, 0.3) is 10.9 Å². The van der Waals surface area contributed by atoms with Gasteiger partial charge in [-0.15, -0.1) is 0 Å². The van der Waals surface area contributed by atoms with E-state index in [0.717, 1.165) is 39.8 Å². The first-order chi connectivity index (χ1) is 15.2. The van der Waals surface area contributed by atoms with Gasteiger partial charge in [-0.1, -0.05) is 54.1 Å². The fourth-order valence-corrected chi connectivity index (χ4v) is 3.49. The molecular weight excluding hydrogens is 410 g/mol. The molecule has 0 fully saturated rings. The summed E-state index contributed by atoms with van der Waals surface area (Å²) in [6.07, 6.45) is 2.72. The first-order valence-corrected chi connectivity index (χ1v) is 10.6. The molecule has 0 aliphatic rings. The second-order valence-corrected chi connectivity index (χ2v) is 7.72. The number of amides is 2. The number of halogens is 1. The standard InChI is InChI=1S/C25H24ClN3O2/c26-21-8-6-18(7-9-21)15-29-25(30)27-13-12-20-16-28-24-14-22(10-11-23(20)24)31-17-19-4-2-1-3-5-19/h1-11,14,16,28H,12-13,15,17H2,(H2,27,29,30). The van der Waals surface area contributed by atoms with Crippen LogP contribution in [-0.4, -0.2) is 17.6 Å². The number of hydrogen-bond donors (Lipinski definition) is 3. The number of carbonyl (C=O) groups is 1. The van der Waals surface area contributed by atoms with E-state index in [0.29, 0.717) is 24.7 Å². The van der Waals surface area contributed by atoms with Crippen molar-refractivity contribution >= 4 is 28.5 Å².